The van der Waals surface area contributed by atoms with Crippen LogP contribution in [0.3, 0.4) is 0 Å². The monoisotopic (exact) mass is 386 g/mol. The van der Waals surface area contributed by atoms with Crippen LogP contribution in [0.4, 0.5) is 0 Å². The van der Waals surface area contributed by atoms with Gasteiger partial charge in [-0.2, -0.15) is 4.72 Å². The normalized spacial score (nSPS) is 10.8. The van der Waals surface area contributed by atoms with E-state index in [0.29, 0.717) is 13.2 Å². The highest BCUT2D eigenvalue weighted by atomic mass is 32.2. The maximum absolute atomic E-state index is 12.2. The van der Waals surface area contributed by atoms with Gasteiger partial charge in [0.15, 0.2) is 0 Å². The van der Waals surface area contributed by atoms with Crippen molar-refractivity contribution in [3.05, 3.63) is 60.2 Å². The number of carbonyl (C=O) groups excluding carboxylic acids is 1. The molecule has 6 nitrogen and oxygen atoms in total. The fraction of sp³-hybridized carbons (Fsp3) is 0.250. The van der Waals surface area contributed by atoms with Crippen molar-refractivity contribution >= 4 is 15.9 Å². The van der Waals surface area contributed by atoms with Gasteiger partial charge in [0, 0.05) is 12.1 Å². The van der Waals surface area contributed by atoms with Gasteiger partial charge in [0.05, 0.1) is 18.0 Å². The molecule has 2 N–H and O–H groups in total. The first-order chi connectivity index (χ1) is 13.0. The highest BCUT2D eigenvalue weighted by molar-refractivity contribution is 7.89. The Kier molecular flexibility index (Phi) is 7.86. The molecule has 0 atom stereocenters. The molecule has 27 heavy (non-hydrogen) atoms. The van der Waals surface area contributed by atoms with E-state index in [-0.39, 0.29) is 22.9 Å². The first-order valence-electron chi connectivity index (χ1n) is 8.52. The fourth-order valence-electron chi connectivity index (χ4n) is 2.26. The molecule has 0 saturated carbocycles. The Labute approximate surface area is 160 Å². The van der Waals surface area contributed by atoms with E-state index in [2.05, 4.69) is 16.0 Å². The van der Waals surface area contributed by atoms with Crippen molar-refractivity contribution in [3.8, 4) is 18.1 Å². The van der Waals surface area contributed by atoms with Crippen LogP contribution in [-0.2, 0) is 10.0 Å². The molecule has 1 amide bonds. The van der Waals surface area contributed by atoms with E-state index in [0.717, 1.165) is 18.6 Å². The van der Waals surface area contributed by atoms with E-state index >= 15 is 0 Å². The van der Waals surface area contributed by atoms with Crippen LogP contribution in [0.2, 0.25) is 0 Å². The second kappa shape index (κ2) is 10.4. The Balaban J connectivity index is 1.77. The Bertz CT molecular complexity index is 890. The summed E-state index contributed by atoms with van der Waals surface area (Å²) in [5.74, 6) is 2.70. The quantitative estimate of drug-likeness (QED) is 0.484. The van der Waals surface area contributed by atoms with Gasteiger partial charge >= 0.3 is 0 Å². The van der Waals surface area contributed by atoms with Crippen molar-refractivity contribution in [1.29, 1.82) is 0 Å². The summed E-state index contributed by atoms with van der Waals surface area (Å²) in [7, 11) is -3.73. The minimum Gasteiger partial charge on any atom is -0.494 e. The molecule has 142 valence electrons. The van der Waals surface area contributed by atoms with Crippen LogP contribution >= 0.6 is 0 Å². The number of para-hydroxylation sites is 1. The van der Waals surface area contributed by atoms with Crippen LogP contribution in [0.25, 0.3) is 0 Å². The lowest BCUT2D eigenvalue weighted by Crippen LogP contribution is -2.26. The van der Waals surface area contributed by atoms with E-state index < -0.39 is 10.0 Å². The van der Waals surface area contributed by atoms with E-state index in [1.54, 1.807) is 6.07 Å². The highest BCUT2D eigenvalue weighted by Gasteiger charge is 2.15. The molecule has 0 radical (unpaired) electrons. The highest BCUT2D eigenvalue weighted by Crippen LogP contribution is 2.12. The van der Waals surface area contributed by atoms with Gasteiger partial charge in [0.1, 0.15) is 5.75 Å². The number of carbonyl (C=O) groups is 1. The molecular weight excluding hydrogens is 364 g/mol. The zero-order chi connectivity index (χ0) is 19.5. The summed E-state index contributed by atoms with van der Waals surface area (Å²) in [5.41, 5.74) is 0.277. The topological polar surface area (TPSA) is 84.5 Å². The number of rotatable bonds is 10. The molecule has 0 heterocycles. The Morgan fingerprint density at radius 1 is 1.07 bits per heavy atom. The lowest BCUT2D eigenvalue weighted by Gasteiger charge is -2.09. The smallest absolute Gasteiger partial charge is 0.251 e. The SMILES string of the molecule is C#CCNS(=O)(=O)c1cccc(C(=O)NCCCCOc2ccccc2)c1. The van der Waals surface area contributed by atoms with Gasteiger partial charge in [0.2, 0.25) is 10.0 Å². The Hall–Kier alpha value is -2.82. The Morgan fingerprint density at radius 2 is 1.85 bits per heavy atom. The average Bonchev–Trinajstić information content (AvgIpc) is 2.70. The van der Waals surface area contributed by atoms with Crippen molar-refractivity contribution in [2.45, 2.75) is 17.7 Å². The average molecular weight is 386 g/mol. The number of hydrogen-bond donors (Lipinski definition) is 2. The Morgan fingerprint density at radius 3 is 2.59 bits per heavy atom. The summed E-state index contributed by atoms with van der Waals surface area (Å²) < 4.78 is 32.0. The van der Waals surface area contributed by atoms with Crippen molar-refractivity contribution in [3.63, 3.8) is 0 Å². The van der Waals surface area contributed by atoms with Gasteiger partial charge in [-0.25, -0.2) is 8.42 Å². The summed E-state index contributed by atoms with van der Waals surface area (Å²) in [4.78, 5) is 12.2. The van der Waals surface area contributed by atoms with Crippen LogP contribution in [0, 0.1) is 12.3 Å². The second-order valence-corrected chi connectivity index (χ2v) is 7.45. The number of terminal acetylenes is 1. The van der Waals surface area contributed by atoms with Gasteiger partial charge in [-0.15, -0.1) is 6.42 Å². The molecule has 0 aliphatic heterocycles. The third kappa shape index (κ3) is 6.77. The minimum atomic E-state index is -3.73. The molecule has 2 aromatic carbocycles. The van der Waals surface area contributed by atoms with Crippen LogP contribution in [0.15, 0.2) is 59.5 Å². The van der Waals surface area contributed by atoms with Gasteiger partial charge in [-0.3, -0.25) is 4.79 Å². The van der Waals surface area contributed by atoms with E-state index in [1.165, 1.54) is 18.2 Å². The number of unbranched alkanes of at least 4 members (excludes halogenated alkanes) is 1. The lowest BCUT2D eigenvalue weighted by molar-refractivity contribution is 0.0952. The summed E-state index contributed by atoms with van der Waals surface area (Å²) in [6.07, 6.45) is 6.61. The minimum absolute atomic E-state index is 0.00154. The zero-order valence-corrected chi connectivity index (χ0v) is 15.7. The molecule has 7 heteroatoms. The molecule has 2 aromatic rings. The standard InChI is InChI=1S/C20H22N2O4S/c1-2-13-22-27(24,25)19-12-8-9-17(16-19)20(23)21-14-6-7-15-26-18-10-4-3-5-11-18/h1,3-5,8-12,16,22H,6-7,13-15H2,(H,21,23). The second-order valence-electron chi connectivity index (χ2n) is 5.68. The summed E-state index contributed by atoms with van der Waals surface area (Å²) in [5, 5.41) is 2.78. The predicted octanol–water partition coefficient (Wildman–Crippen LogP) is 2.19. The summed E-state index contributed by atoms with van der Waals surface area (Å²) in [6, 6.07) is 15.3. The van der Waals surface area contributed by atoms with E-state index in [9.17, 15) is 13.2 Å². The van der Waals surface area contributed by atoms with Crippen molar-refractivity contribution in [2.24, 2.45) is 0 Å². The molecule has 2 rings (SSSR count). The molecule has 0 unspecified atom stereocenters. The molecular formula is C20H22N2O4S. The fourth-order valence-corrected chi connectivity index (χ4v) is 3.24. The van der Waals surface area contributed by atoms with Crippen molar-refractivity contribution in [1.82, 2.24) is 10.0 Å². The summed E-state index contributed by atoms with van der Waals surface area (Å²) >= 11 is 0. The lowest BCUT2D eigenvalue weighted by atomic mass is 10.2. The van der Waals surface area contributed by atoms with Crippen LogP contribution in [-0.4, -0.2) is 34.0 Å². The molecule has 0 aromatic heterocycles. The van der Waals surface area contributed by atoms with E-state index in [1.807, 2.05) is 30.3 Å². The maximum atomic E-state index is 12.2. The van der Waals surface area contributed by atoms with Crippen LogP contribution < -0.4 is 14.8 Å². The number of nitrogens with one attached hydrogen (secondary N) is 2. The van der Waals surface area contributed by atoms with Gasteiger partial charge in [0.25, 0.3) is 5.91 Å². The van der Waals surface area contributed by atoms with Crippen molar-refractivity contribution < 1.29 is 17.9 Å². The maximum Gasteiger partial charge on any atom is 0.251 e. The van der Waals surface area contributed by atoms with Gasteiger partial charge in [-0.05, 0) is 43.2 Å². The molecule has 0 aliphatic rings. The van der Waals surface area contributed by atoms with Crippen LogP contribution in [0.1, 0.15) is 23.2 Å². The molecule has 0 spiro atoms. The first-order valence-corrected chi connectivity index (χ1v) is 10.0. The number of sulfonamides is 1. The number of benzene rings is 2. The molecule has 0 fully saturated rings. The largest absolute Gasteiger partial charge is 0.494 e. The summed E-state index contributed by atoms with van der Waals surface area (Å²) in [6.45, 7) is 0.932. The molecule has 0 bridgehead atoms. The number of hydrogen-bond acceptors (Lipinski definition) is 4. The van der Waals surface area contributed by atoms with E-state index in [4.69, 9.17) is 11.2 Å². The van der Waals surface area contributed by atoms with Gasteiger partial charge < -0.3 is 10.1 Å². The van der Waals surface area contributed by atoms with Crippen LogP contribution in [0.5, 0.6) is 5.75 Å². The zero-order valence-electron chi connectivity index (χ0n) is 14.9. The third-order valence-electron chi connectivity index (χ3n) is 3.64. The van der Waals surface area contributed by atoms with Crippen molar-refractivity contribution in [2.75, 3.05) is 19.7 Å². The van der Waals surface area contributed by atoms with Gasteiger partial charge in [-0.1, -0.05) is 30.2 Å². The predicted molar refractivity (Wildman–Crippen MR) is 104 cm³/mol. The molecule has 0 saturated heterocycles. The number of amides is 1. The first kappa shape index (κ1) is 20.5. The number of ether oxygens (including phenoxy) is 1. The molecule has 0 aliphatic carbocycles. The third-order valence-corrected chi connectivity index (χ3v) is 5.04.